The molecule has 76 valence electrons. The van der Waals surface area contributed by atoms with Crippen molar-refractivity contribution in [3.63, 3.8) is 0 Å². The van der Waals surface area contributed by atoms with Crippen molar-refractivity contribution in [3.05, 3.63) is 0 Å². The van der Waals surface area contributed by atoms with Crippen LogP contribution in [0.4, 0.5) is 0 Å². The van der Waals surface area contributed by atoms with Crippen molar-refractivity contribution in [1.29, 1.82) is 0 Å². The minimum absolute atomic E-state index is 0.202. The summed E-state index contributed by atoms with van der Waals surface area (Å²) in [6, 6.07) is 0. The lowest BCUT2D eigenvalue weighted by Gasteiger charge is -2.14. The molecule has 0 aromatic carbocycles. The average Bonchev–Trinajstić information content (AvgIpc) is 1.80. The molecule has 1 N–H and O–H groups in total. The largest absolute Gasteiger partial charge is 0.481 e. The van der Waals surface area contributed by atoms with Gasteiger partial charge >= 0.3 is 11.9 Å². The second kappa shape index (κ2) is 5.56. The fraction of sp³-hybridized carbons (Fsp3) is 0.778. The van der Waals surface area contributed by atoms with Crippen LogP contribution in [0.1, 0.15) is 33.6 Å². The average molecular weight is 188 g/mol. The van der Waals surface area contributed by atoms with Crippen LogP contribution >= 0.6 is 0 Å². The monoisotopic (exact) mass is 188 g/mol. The van der Waals surface area contributed by atoms with Crippen LogP contribution in [0, 0.1) is 5.92 Å². The summed E-state index contributed by atoms with van der Waals surface area (Å²) in [7, 11) is 0. The van der Waals surface area contributed by atoms with Crippen LogP contribution in [0.2, 0.25) is 0 Å². The quantitative estimate of drug-likeness (QED) is 0.523. The van der Waals surface area contributed by atoms with Gasteiger partial charge < -0.3 is 9.84 Å². The lowest BCUT2D eigenvalue weighted by molar-refractivity contribution is -0.154. The fourth-order valence-corrected chi connectivity index (χ4v) is 1.10. The van der Waals surface area contributed by atoms with Gasteiger partial charge in [0, 0.05) is 0 Å². The standard InChI is InChI=1S/C9H16O4/c1-6(2)4-7(3)13-9(12)5-8(10)11/h6-7H,4-5H2,1-3H3,(H,10,11). The van der Waals surface area contributed by atoms with Gasteiger partial charge in [-0.05, 0) is 19.3 Å². The third-order valence-electron chi connectivity index (χ3n) is 1.43. The Labute approximate surface area is 77.9 Å². The number of hydrogen-bond donors (Lipinski definition) is 1. The summed E-state index contributed by atoms with van der Waals surface area (Å²) in [6.07, 6.45) is 0.000186. The molecule has 0 aromatic rings. The first-order valence-corrected chi connectivity index (χ1v) is 4.33. The van der Waals surface area contributed by atoms with Gasteiger partial charge in [-0.3, -0.25) is 9.59 Å². The molecule has 1 unspecified atom stereocenters. The van der Waals surface area contributed by atoms with Crippen molar-refractivity contribution in [2.45, 2.75) is 39.7 Å². The summed E-state index contributed by atoms with van der Waals surface area (Å²) in [4.78, 5) is 21.0. The topological polar surface area (TPSA) is 63.6 Å². The van der Waals surface area contributed by atoms with Crippen LogP contribution in [-0.4, -0.2) is 23.1 Å². The SMILES string of the molecule is CC(C)CC(C)OC(=O)CC(=O)O. The molecule has 0 aliphatic carbocycles. The van der Waals surface area contributed by atoms with Crippen LogP contribution in [0.25, 0.3) is 0 Å². The van der Waals surface area contributed by atoms with E-state index < -0.39 is 18.4 Å². The summed E-state index contributed by atoms with van der Waals surface area (Å²) < 4.78 is 4.85. The highest BCUT2D eigenvalue weighted by Gasteiger charge is 2.13. The smallest absolute Gasteiger partial charge is 0.317 e. The zero-order chi connectivity index (χ0) is 10.4. The molecule has 0 radical (unpaired) electrons. The third kappa shape index (κ3) is 7.31. The number of carbonyl (C=O) groups is 2. The second-order valence-electron chi connectivity index (χ2n) is 3.50. The summed E-state index contributed by atoms with van der Waals surface area (Å²) in [5, 5.41) is 8.28. The Bertz CT molecular complexity index is 186. The van der Waals surface area contributed by atoms with Crippen LogP contribution in [0.3, 0.4) is 0 Å². The number of carbonyl (C=O) groups excluding carboxylic acids is 1. The maximum atomic E-state index is 10.8. The van der Waals surface area contributed by atoms with Crippen molar-refractivity contribution < 1.29 is 19.4 Å². The summed E-state index contributed by atoms with van der Waals surface area (Å²) in [6.45, 7) is 5.79. The highest BCUT2D eigenvalue weighted by atomic mass is 16.5. The Hall–Kier alpha value is -1.06. The van der Waals surface area contributed by atoms with Crippen LogP contribution in [0.15, 0.2) is 0 Å². The lowest BCUT2D eigenvalue weighted by Crippen LogP contribution is -2.18. The van der Waals surface area contributed by atoms with Crippen molar-refractivity contribution in [3.8, 4) is 0 Å². The van der Waals surface area contributed by atoms with Crippen LogP contribution < -0.4 is 0 Å². The number of aliphatic carboxylic acids is 1. The second-order valence-corrected chi connectivity index (χ2v) is 3.50. The first-order valence-electron chi connectivity index (χ1n) is 4.33. The zero-order valence-corrected chi connectivity index (χ0v) is 8.24. The van der Waals surface area contributed by atoms with Gasteiger partial charge in [0.25, 0.3) is 0 Å². The van der Waals surface area contributed by atoms with Crippen molar-refractivity contribution in [2.24, 2.45) is 5.92 Å². The molecule has 0 amide bonds. The zero-order valence-electron chi connectivity index (χ0n) is 8.24. The summed E-state index contributed by atoms with van der Waals surface area (Å²) in [5.74, 6) is -1.38. The van der Waals surface area contributed by atoms with Gasteiger partial charge in [0.05, 0.1) is 6.10 Å². The fourth-order valence-electron chi connectivity index (χ4n) is 1.10. The predicted molar refractivity (Wildman–Crippen MR) is 47.3 cm³/mol. The highest BCUT2D eigenvalue weighted by molar-refractivity contribution is 5.90. The van der Waals surface area contributed by atoms with Gasteiger partial charge in [0.15, 0.2) is 0 Å². The number of hydrogen-bond acceptors (Lipinski definition) is 3. The lowest BCUT2D eigenvalue weighted by atomic mass is 10.1. The molecule has 13 heavy (non-hydrogen) atoms. The first-order chi connectivity index (χ1) is 5.91. The molecule has 1 atom stereocenters. The van der Waals surface area contributed by atoms with Gasteiger partial charge in [-0.1, -0.05) is 13.8 Å². The van der Waals surface area contributed by atoms with E-state index in [0.717, 1.165) is 6.42 Å². The molecule has 0 bridgehead atoms. The molecule has 4 nitrogen and oxygen atoms in total. The Morgan fingerprint density at radius 1 is 1.31 bits per heavy atom. The number of rotatable bonds is 5. The van der Waals surface area contributed by atoms with Crippen molar-refractivity contribution >= 4 is 11.9 Å². The summed E-state index contributed by atoms with van der Waals surface area (Å²) in [5.41, 5.74) is 0. The van der Waals surface area contributed by atoms with E-state index in [0.29, 0.717) is 5.92 Å². The van der Waals surface area contributed by atoms with Crippen molar-refractivity contribution in [2.75, 3.05) is 0 Å². The molecule has 0 aliphatic rings. The van der Waals surface area contributed by atoms with Gasteiger partial charge in [0.1, 0.15) is 6.42 Å². The van der Waals surface area contributed by atoms with E-state index in [-0.39, 0.29) is 6.10 Å². The van der Waals surface area contributed by atoms with E-state index >= 15 is 0 Å². The maximum Gasteiger partial charge on any atom is 0.317 e. The van der Waals surface area contributed by atoms with E-state index in [1.54, 1.807) is 6.92 Å². The van der Waals surface area contributed by atoms with Crippen molar-refractivity contribution in [1.82, 2.24) is 0 Å². The Morgan fingerprint density at radius 2 is 1.85 bits per heavy atom. The van der Waals surface area contributed by atoms with E-state index in [9.17, 15) is 9.59 Å². The van der Waals surface area contributed by atoms with Gasteiger partial charge in [-0.15, -0.1) is 0 Å². The van der Waals surface area contributed by atoms with Crippen LogP contribution in [-0.2, 0) is 14.3 Å². The Morgan fingerprint density at radius 3 is 2.23 bits per heavy atom. The molecule has 0 aromatic heterocycles. The van der Waals surface area contributed by atoms with Gasteiger partial charge in [0.2, 0.25) is 0 Å². The van der Waals surface area contributed by atoms with Crippen LogP contribution in [0.5, 0.6) is 0 Å². The van der Waals surface area contributed by atoms with Gasteiger partial charge in [-0.2, -0.15) is 0 Å². The summed E-state index contributed by atoms with van der Waals surface area (Å²) >= 11 is 0. The highest BCUT2D eigenvalue weighted by Crippen LogP contribution is 2.08. The molecular formula is C9H16O4. The minimum atomic E-state index is -1.15. The number of carboxylic acid groups (broad SMARTS) is 1. The molecular weight excluding hydrogens is 172 g/mol. The Balaban J connectivity index is 3.71. The number of carboxylic acids is 1. The van der Waals surface area contributed by atoms with Gasteiger partial charge in [-0.25, -0.2) is 0 Å². The predicted octanol–water partition coefficient (Wildman–Crippen LogP) is 1.44. The van der Waals surface area contributed by atoms with E-state index in [2.05, 4.69) is 0 Å². The molecule has 0 fully saturated rings. The third-order valence-corrected chi connectivity index (χ3v) is 1.43. The minimum Gasteiger partial charge on any atom is -0.481 e. The van der Waals surface area contributed by atoms with E-state index in [4.69, 9.17) is 9.84 Å². The first kappa shape index (κ1) is 11.9. The Kier molecular flexibility index (Phi) is 5.11. The molecule has 4 heteroatoms. The maximum absolute atomic E-state index is 10.8. The molecule has 0 saturated heterocycles. The number of ether oxygens (including phenoxy) is 1. The number of esters is 1. The van der Waals surface area contributed by atoms with E-state index in [1.165, 1.54) is 0 Å². The molecule has 0 aliphatic heterocycles. The normalized spacial score (nSPS) is 12.6. The molecule has 0 saturated carbocycles. The molecule has 0 rings (SSSR count). The molecule has 0 spiro atoms. The van der Waals surface area contributed by atoms with E-state index in [1.807, 2.05) is 13.8 Å². The molecule has 0 heterocycles.